The summed E-state index contributed by atoms with van der Waals surface area (Å²) in [6.07, 6.45) is 2.37. The van der Waals surface area contributed by atoms with Gasteiger partial charge in [-0.15, -0.1) is 0 Å². The molecule has 1 aliphatic carbocycles. The first-order chi connectivity index (χ1) is 9.70. The molecule has 3 rings (SSSR count). The van der Waals surface area contributed by atoms with Gasteiger partial charge in [-0.25, -0.2) is 4.39 Å². The largest absolute Gasteiger partial charge is 0.310 e. The third-order valence-corrected chi connectivity index (χ3v) is 4.52. The summed E-state index contributed by atoms with van der Waals surface area (Å²) in [6, 6.07) is 15.9. The Morgan fingerprint density at radius 3 is 2.30 bits per heavy atom. The van der Waals surface area contributed by atoms with Crippen molar-refractivity contribution in [3.8, 4) is 0 Å². The number of nitrogens with one attached hydrogen (secondary N) is 1. The zero-order valence-electron chi connectivity index (χ0n) is 11.2. The monoisotopic (exact) mass is 333 g/mol. The van der Waals surface area contributed by atoms with E-state index in [-0.39, 0.29) is 5.82 Å². The van der Waals surface area contributed by atoms with Gasteiger partial charge in [-0.05, 0) is 54.2 Å². The lowest BCUT2D eigenvalue weighted by atomic mass is 9.76. The molecule has 0 amide bonds. The Hall–Kier alpha value is -1.19. The lowest BCUT2D eigenvalue weighted by Crippen LogP contribution is -2.39. The molecule has 3 heteroatoms. The van der Waals surface area contributed by atoms with E-state index in [1.54, 1.807) is 0 Å². The van der Waals surface area contributed by atoms with Crippen LogP contribution < -0.4 is 5.32 Å². The van der Waals surface area contributed by atoms with Crippen LogP contribution in [-0.2, 0) is 6.54 Å². The topological polar surface area (TPSA) is 12.0 Å². The standard InChI is InChI=1S/C17H17BrFN/c18-15-5-3-13(4-6-15)14-9-17(10-14)20-11-12-1-7-16(19)8-2-12/h1-8,14,17,20H,9-11H2. The fourth-order valence-electron chi connectivity index (χ4n) is 2.66. The lowest BCUT2D eigenvalue weighted by Gasteiger charge is -2.36. The predicted molar refractivity (Wildman–Crippen MR) is 83.1 cm³/mol. The van der Waals surface area contributed by atoms with Gasteiger partial charge in [0.1, 0.15) is 5.82 Å². The number of rotatable bonds is 4. The summed E-state index contributed by atoms with van der Waals surface area (Å²) in [7, 11) is 0. The first-order valence-corrected chi connectivity index (χ1v) is 7.73. The highest BCUT2D eigenvalue weighted by Gasteiger charge is 2.29. The van der Waals surface area contributed by atoms with Gasteiger partial charge in [0.15, 0.2) is 0 Å². The SMILES string of the molecule is Fc1ccc(CNC2CC(c3ccc(Br)cc3)C2)cc1. The van der Waals surface area contributed by atoms with Crippen LogP contribution in [0.4, 0.5) is 4.39 Å². The van der Waals surface area contributed by atoms with Crippen LogP contribution in [0.15, 0.2) is 53.0 Å². The maximum atomic E-state index is 12.8. The van der Waals surface area contributed by atoms with Gasteiger partial charge >= 0.3 is 0 Å². The van der Waals surface area contributed by atoms with Crippen LogP contribution in [0.2, 0.25) is 0 Å². The Bertz CT molecular complexity index is 556. The van der Waals surface area contributed by atoms with Gasteiger partial charge in [0.25, 0.3) is 0 Å². The first-order valence-electron chi connectivity index (χ1n) is 6.94. The van der Waals surface area contributed by atoms with E-state index >= 15 is 0 Å². The van der Waals surface area contributed by atoms with Crippen molar-refractivity contribution in [1.82, 2.24) is 5.32 Å². The quantitative estimate of drug-likeness (QED) is 0.860. The number of hydrogen-bond donors (Lipinski definition) is 1. The maximum absolute atomic E-state index is 12.8. The summed E-state index contributed by atoms with van der Waals surface area (Å²) in [4.78, 5) is 0. The molecule has 104 valence electrons. The van der Waals surface area contributed by atoms with Gasteiger partial charge in [0.2, 0.25) is 0 Å². The third kappa shape index (κ3) is 3.28. The highest BCUT2D eigenvalue weighted by molar-refractivity contribution is 9.10. The normalized spacial score (nSPS) is 21.5. The molecule has 2 aromatic carbocycles. The second-order valence-corrected chi connectivity index (χ2v) is 6.34. The van der Waals surface area contributed by atoms with E-state index in [4.69, 9.17) is 0 Å². The Balaban J connectivity index is 1.46. The van der Waals surface area contributed by atoms with Gasteiger partial charge in [-0.3, -0.25) is 0 Å². The van der Waals surface area contributed by atoms with E-state index in [1.807, 2.05) is 12.1 Å². The van der Waals surface area contributed by atoms with E-state index in [9.17, 15) is 4.39 Å². The van der Waals surface area contributed by atoms with Crippen molar-refractivity contribution >= 4 is 15.9 Å². The fourth-order valence-corrected chi connectivity index (χ4v) is 2.92. The van der Waals surface area contributed by atoms with Gasteiger partial charge < -0.3 is 5.32 Å². The van der Waals surface area contributed by atoms with Crippen LogP contribution in [0.1, 0.15) is 29.9 Å². The fraction of sp³-hybridized carbons (Fsp3) is 0.294. The number of benzene rings is 2. The van der Waals surface area contributed by atoms with Crippen LogP contribution in [0.25, 0.3) is 0 Å². The Morgan fingerprint density at radius 1 is 1.00 bits per heavy atom. The summed E-state index contributed by atoms with van der Waals surface area (Å²) < 4.78 is 13.9. The predicted octanol–water partition coefficient (Wildman–Crippen LogP) is 4.62. The average molecular weight is 334 g/mol. The molecule has 0 saturated heterocycles. The molecule has 0 atom stereocenters. The summed E-state index contributed by atoms with van der Waals surface area (Å²) in [5.41, 5.74) is 2.56. The van der Waals surface area contributed by atoms with Gasteiger partial charge in [-0.1, -0.05) is 40.2 Å². The molecule has 1 nitrogen and oxygen atoms in total. The van der Waals surface area contributed by atoms with Crippen LogP contribution in [0.3, 0.4) is 0 Å². The van der Waals surface area contributed by atoms with Crippen molar-refractivity contribution in [3.63, 3.8) is 0 Å². The lowest BCUT2D eigenvalue weighted by molar-refractivity contribution is 0.289. The molecule has 1 saturated carbocycles. The van der Waals surface area contributed by atoms with Crippen molar-refractivity contribution in [3.05, 3.63) is 69.9 Å². The molecular weight excluding hydrogens is 317 g/mol. The summed E-state index contributed by atoms with van der Waals surface area (Å²) in [5.74, 6) is 0.501. The molecule has 0 spiro atoms. The minimum atomic E-state index is -0.173. The van der Waals surface area contributed by atoms with Crippen LogP contribution >= 0.6 is 15.9 Å². The van der Waals surface area contributed by atoms with Crippen molar-refractivity contribution in [2.45, 2.75) is 31.3 Å². The highest BCUT2D eigenvalue weighted by Crippen LogP contribution is 2.37. The molecule has 1 fully saturated rings. The van der Waals surface area contributed by atoms with Gasteiger partial charge in [0, 0.05) is 17.1 Å². The van der Waals surface area contributed by atoms with E-state index in [1.165, 1.54) is 30.5 Å². The van der Waals surface area contributed by atoms with Crippen LogP contribution in [-0.4, -0.2) is 6.04 Å². The van der Waals surface area contributed by atoms with Gasteiger partial charge in [-0.2, -0.15) is 0 Å². The average Bonchev–Trinajstić information content (AvgIpc) is 2.41. The molecule has 1 aliphatic rings. The molecule has 0 aliphatic heterocycles. The van der Waals surface area contributed by atoms with Crippen LogP contribution in [0, 0.1) is 5.82 Å². The summed E-state index contributed by atoms with van der Waals surface area (Å²) in [6.45, 7) is 0.817. The second-order valence-electron chi connectivity index (χ2n) is 5.42. The number of hydrogen-bond acceptors (Lipinski definition) is 1. The molecule has 0 aromatic heterocycles. The molecule has 1 N–H and O–H groups in total. The molecule has 2 aromatic rings. The Kier molecular flexibility index (Phi) is 4.18. The van der Waals surface area contributed by atoms with E-state index < -0.39 is 0 Å². The second kappa shape index (κ2) is 6.06. The summed E-state index contributed by atoms with van der Waals surface area (Å²) >= 11 is 3.46. The zero-order valence-corrected chi connectivity index (χ0v) is 12.7. The third-order valence-electron chi connectivity index (χ3n) is 3.99. The highest BCUT2D eigenvalue weighted by atomic mass is 79.9. The van der Waals surface area contributed by atoms with Gasteiger partial charge in [0.05, 0.1) is 0 Å². The first kappa shape index (κ1) is 13.8. The minimum absolute atomic E-state index is 0.173. The molecule has 0 unspecified atom stereocenters. The molecule has 0 radical (unpaired) electrons. The summed E-state index contributed by atoms with van der Waals surface area (Å²) in [5, 5.41) is 3.53. The zero-order chi connectivity index (χ0) is 13.9. The molecule has 20 heavy (non-hydrogen) atoms. The molecule has 0 heterocycles. The van der Waals surface area contributed by atoms with Crippen molar-refractivity contribution in [2.24, 2.45) is 0 Å². The minimum Gasteiger partial charge on any atom is -0.310 e. The van der Waals surface area contributed by atoms with E-state index in [0.29, 0.717) is 12.0 Å². The van der Waals surface area contributed by atoms with E-state index in [0.717, 1.165) is 16.6 Å². The van der Waals surface area contributed by atoms with Crippen molar-refractivity contribution < 1.29 is 4.39 Å². The molecule has 0 bridgehead atoms. The Labute approximate surface area is 127 Å². The van der Waals surface area contributed by atoms with Crippen LogP contribution in [0.5, 0.6) is 0 Å². The van der Waals surface area contributed by atoms with Crippen molar-refractivity contribution in [1.29, 1.82) is 0 Å². The van der Waals surface area contributed by atoms with E-state index in [2.05, 4.69) is 45.5 Å². The maximum Gasteiger partial charge on any atom is 0.123 e. The van der Waals surface area contributed by atoms with Crippen molar-refractivity contribution in [2.75, 3.05) is 0 Å². The molecular formula is C17H17BrFN. The smallest absolute Gasteiger partial charge is 0.123 e. The Morgan fingerprint density at radius 2 is 1.65 bits per heavy atom. The number of halogens is 2.